The Labute approximate surface area is 123 Å². The molecule has 1 aliphatic carbocycles. The molecule has 0 bridgehead atoms. The third-order valence-electron chi connectivity index (χ3n) is 4.21. The standard InChI is InChI=1S/C18H27NO/c1-20-17-12-9-15(10-13-17)11-14-18(19)16-7-5-3-2-4-6-8-16/h7,9-10,12-13,18H,2-6,8,11,14,19H2,1H3/b16-7+. The van der Waals surface area contributed by atoms with Gasteiger partial charge in [0.15, 0.2) is 0 Å². The van der Waals surface area contributed by atoms with Gasteiger partial charge in [-0.15, -0.1) is 0 Å². The Kier molecular flexibility index (Phi) is 6.13. The van der Waals surface area contributed by atoms with Gasteiger partial charge in [0, 0.05) is 6.04 Å². The number of hydrogen-bond acceptors (Lipinski definition) is 2. The molecule has 0 spiro atoms. The van der Waals surface area contributed by atoms with Gasteiger partial charge in [-0.2, -0.15) is 0 Å². The summed E-state index contributed by atoms with van der Waals surface area (Å²) in [5.41, 5.74) is 9.20. The average molecular weight is 273 g/mol. The van der Waals surface area contributed by atoms with E-state index in [0.29, 0.717) is 0 Å². The highest BCUT2D eigenvalue weighted by Crippen LogP contribution is 2.21. The molecule has 0 heterocycles. The van der Waals surface area contributed by atoms with E-state index in [-0.39, 0.29) is 6.04 Å². The normalized spacial score (nSPS) is 20.4. The minimum atomic E-state index is 0.232. The monoisotopic (exact) mass is 273 g/mol. The summed E-state index contributed by atoms with van der Waals surface area (Å²) >= 11 is 0. The maximum Gasteiger partial charge on any atom is 0.118 e. The second-order valence-electron chi connectivity index (χ2n) is 5.73. The largest absolute Gasteiger partial charge is 0.497 e. The smallest absolute Gasteiger partial charge is 0.118 e. The van der Waals surface area contributed by atoms with Crippen molar-refractivity contribution >= 4 is 0 Å². The first-order chi connectivity index (χ1) is 9.79. The van der Waals surface area contributed by atoms with Crippen LogP contribution >= 0.6 is 0 Å². The van der Waals surface area contributed by atoms with Gasteiger partial charge in [0.2, 0.25) is 0 Å². The molecule has 1 aliphatic rings. The second-order valence-corrected chi connectivity index (χ2v) is 5.73. The molecule has 2 heteroatoms. The van der Waals surface area contributed by atoms with Crippen molar-refractivity contribution in [2.45, 2.75) is 57.4 Å². The number of ether oxygens (including phenoxy) is 1. The molecule has 2 nitrogen and oxygen atoms in total. The van der Waals surface area contributed by atoms with Crippen molar-refractivity contribution in [2.75, 3.05) is 7.11 Å². The quantitative estimate of drug-likeness (QED) is 0.815. The molecule has 2 N–H and O–H groups in total. The third-order valence-corrected chi connectivity index (χ3v) is 4.21. The molecule has 20 heavy (non-hydrogen) atoms. The van der Waals surface area contributed by atoms with Crippen LogP contribution in [0.5, 0.6) is 5.75 Å². The minimum absolute atomic E-state index is 0.232. The van der Waals surface area contributed by atoms with Crippen LogP contribution in [0.3, 0.4) is 0 Å². The zero-order valence-electron chi connectivity index (χ0n) is 12.6. The molecule has 1 unspecified atom stereocenters. The Bertz CT molecular complexity index is 422. The van der Waals surface area contributed by atoms with Crippen LogP contribution in [-0.4, -0.2) is 13.2 Å². The highest BCUT2D eigenvalue weighted by molar-refractivity contribution is 5.27. The van der Waals surface area contributed by atoms with Gasteiger partial charge in [-0.05, 0) is 56.2 Å². The van der Waals surface area contributed by atoms with E-state index >= 15 is 0 Å². The first-order valence-electron chi connectivity index (χ1n) is 7.87. The molecule has 0 aromatic heterocycles. The number of rotatable bonds is 5. The van der Waals surface area contributed by atoms with Crippen molar-refractivity contribution in [1.82, 2.24) is 0 Å². The van der Waals surface area contributed by atoms with Crippen molar-refractivity contribution in [1.29, 1.82) is 0 Å². The molecule has 0 aliphatic heterocycles. The van der Waals surface area contributed by atoms with E-state index in [1.807, 2.05) is 12.1 Å². The van der Waals surface area contributed by atoms with Gasteiger partial charge in [0.25, 0.3) is 0 Å². The Morgan fingerprint density at radius 1 is 1.10 bits per heavy atom. The summed E-state index contributed by atoms with van der Waals surface area (Å²) in [7, 11) is 1.70. The molecule has 0 saturated carbocycles. The summed E-state index contributed by atoms with van der Waals surface area (Å²) in [6, 6.07) is 8.55. The average Bonchev–Trinajstić information content (AvgIpc) is 2.45. The van der Waals surface area contributed by atoms with Crippen molar-refractivity contribution < 1.29 is 4.74 Å². The van der Waals surface area contributed by atoms with Crippen molar-refractivity contribution in [3.05, 3.63) is 41.5 Å². The predicted molar refractivity (Wildman–Crippen MR) is 85.1 cm³/mol. The fourth-order valence-corrected chi connectivity index (χ4v) is 2.85. The summed E-state index contributed by atoms with van der Waals surface area (Å²) in [6.07, 6.45) is 12.3. The van der Waals surface area contributed by atoms with E-state index in [0.717, 1.165) is 18.6 Å². The van der Waals surface area contributed by atoms with E-state index in [4.69, 9.17) is 10.5 Å². The first kappa shape index (κ1) is 15.1. The van der Waals surface area contributed by atoms with Crippen LogP contribution in [0.4, 0.5) is 0 Å². The van der Waals surface area contributed by atoms with Crippen LogP contribution < -0.4 is 10.5 Å². The Morgan fingerprint density at radius 2 is 1.85 bits per heavy atom. The molecule has 0 radical (unpaired) electrons. The number of methoxy groups -OCH3 is 1. The summed E-state index contributed by atoms with van der Waals surface area (Å²) in [5, 5.41) is 0. The molecule has 1 aromatic carbocycles. The molecule has 1 aromatic rings. The van der Waals surface area contributed by atoms with Gasteiger partial charge < -0.3 is 10.5 Å². The van der Waals surface area contributed by atoms with Gasteiger partial charge in [0.1, 0.15) is 5.75 Å². The Hall–Kier alpha value is -1.28. The van der Waals surface area contributed by atoms with Gasteiger partial charge in [-0.3, -0.25) is 0 Å². The zero-order chi connectivity index (χ0) is 14.2. The lowest BCUT2D eigenvalue weighted by atomic mass is 9.92. The van der Waals surface area contributed by atoms with Crippen LogP contribution in [0.25, 0.3) is 0 Å². The predicted octanol–water partition coefficient (Wildman–Crippen LogP) is 4.24. The topological polar surface area (TPSA) is 35.2 Å². The van der Waals surface area contributed by atoms with Crippen molar-refractivity contribution in [2.24, 2.45) is 5.73 Å². The SMILES string of the molecule is COc1ccc(CCC(N)/C2=C/CCCCCC2)cc1. The highest BCUT2D eigenvalue weighted by atomic mass is 16.5. The maximum absolute atomic E-state index is 6.38. The fourth-order valence-electron chi connectivity index (χ4n) is 2.85. The van der Waals surface area contributed by atoms with E-state index in [1.165, 1.54) is 49.7 Å². The number of aryl methyl sites for hydroxylation is 1. The summed E-state index contributed by atoms with van der Waals surface area (Å²) in [5.74, 6) is 0.917. The van der Waals surface area contributed by atoms with Crippen LogP contribution in [0.1, 0.15) is 50.5 Å². The van der Waals surface area contributed by atoms with E-state index in [1.54, 1.807) is 7.11 Å². The highest BCUT2D eigenvalue weighted by Gasteiger charge is 2.11. The molecular formula is C18H27NO. The molecule has 0 saturated heterocycles. The second kappa shape index (κ2) is 8.11. The number of allylic oxidation sites excluding steroid dienone is 1. The van der Waals surface area contributed by atoms with Gasteiger partial charge in [0.05, 0.1) is 7.11 Å². The Morgan fingerprint density at radius 3 is 2.60 bits per heavy atom. The lowest BCUT2D eigenvalue weighted by Crippen LogP contribution is -2.24. The molecule has 1 atom stereocenters. The molecule has 2 rings (SSSR count). The van der Waals surface area contributed by atoms with E-state index < -0.39 is 0 Å². The minimum Gasteiger partial charge on any atom is -0.497 e. The molecular weight excluding hydrogens is 246 g/mol. The van der Waals surface area contributed by atoms with Gasteiger partial charge in [-0.1, -0.05) is 36.6 Å². The van der Waals surface area contributed by atoms with Crippen LogP contribution in [0, 0.1) is 0 Å². The van der Waals surface area contributed by atoms with Gasteiger partial charge in [-0.25, -0.2) is 0 Å². The molecule has 110 valence electrons. The van der Waals surface area contributed by atoms with E-state index in [2.05, 4.69) is 18.2 Å². The summed E-state index contributed by atoms with van der Waals surface area (Å²) in [6.45, 7) is 0. The third kappa shape index (κ3) is 4.68. The maximum atomic E-state index is 6.38. The fraction of sp³-hybridized carbons (Fsp3) is 0.556. The molecule has 0 fully saturated rings. The zero-order valence-corrected chi connectivity index (χ0v) is 12.6. The van der Waals surface area contributed by atoms with Crippen LogP contribution in [0.15, 0.2) is 35.9 Å². The van der Waals surface area contributed by atoms with Crippen molar-refractivity contribution in [3.63, 3.8) is 0 Å². The number of hydrogen-bond donors (Lipinski definition) is 1. The van der Waals surface area contributed by atoms with Crippen LogP contribution in [-0.2, 0) is 6.42 Å². The van der Waals surface area contributed by atoms with Gasteiger partial charge >= 0.3 is 0 Å². The number of nitrogens with two attached hydrogens (primary N) is 1. The molecule has 0 amide bonds. The first-order valence-corrected chi connectivity index (χ1v) is 7.87. The summed E-state index contributed by atoms with van der Waals surface area (Å²) < 4.78 is 5.18. The Balaban J connectivity index is 1.85. The number of benzene rings is 1. The van der Waals surface area contributed by atoms with Crippen LogP contribution in [0.2, 0.25) is 0 Å². The van der Waals surface area contributed by atoms with Crippen molar-refractivity contribution in [3.8, 4) is 5.75 Å². The lowest BCUT2D eigenvalue weighted by molar-refractivity contribution is 0.414. The summed E-state index contributed by atoms with van der Waals surface area (Å²) in [4.78, 5) is 0. The lowest BCUT2D eigenvalue weighted by Gasteiger charge is -2.18. The van der Waals surface area contributed by atoms with E-state index in [9.17, 15) is 0 Å².